The minimum absolute atomic E-state index is 0.0105. The number of aliphatic hydroxyl groups excluding tert-OH is 1. The number of ketones is 1. The van der Waals surface area contributed by atoms with Gasteiger partial charge in [-0.3, -0.25) is 14.2 Å². The van der Waals surface area contributed by atoms with Crippen molar-refractivity contribution in [2.45, 2.75) is 39.9 Å². The molecule has 8 nitrogen and oxygen atoms in total. The zero-order valence-corrected chi connectivity index (χ0v) is 20.9. The lowest BCUT2D eigenvalue weighted by Gasteiger charge is -2.21. The van der Waals surface area contributed by atoms with E-state index >= 15 is 0 Å². The van der Waals surface area contributed by atoms with Crippen LogP contribution in [0.3, 0.4) is 0 Å². The highest BCUT2D eigenvalue weighted by Gasteiger charge is 2.29. The molecule has 2 N–H and O–H groups in total. The van der Waals surface area contributed by atoms with E-state index in [0.29, 0.717) is 10.6 Å². The Bertz CT molecular complexity index is 1300. The summed E-state index contributed by atoms with van der Waals surface area (Å²) in [4.78, 5) is 38.1. The first-order valence-electron chi connectivity index (χ1n) is 10.7. The molecule has 0 aliphatic carbocycles. The first kappa shape index (κ1) is 26.6. The Morgan fingerprint density at radius 2 is 1.83 bits per heavy atom. The molecule has 11 heteroatoms. The van der Waals surface area contributed by atoms with Crippen molar-refractivity contribution >= 4 is 34.9 Å². The zero-order valence-electron chi connectivity index (χ0n) is 19.4. The van der Waals surface area contributed by atoms with Crippen molar-refractivity contribution in [1.29, 1.82) is 0 Å². The molecule has 0 aliphatic rings. The van der Waals surface area contributed by atoms with Crippen LogP contribution in [0.25, 0.3) is 11.4 Å². The average Bonchev–Trinajstić information content (AvgIpc) is 3.09. The number of rotatable bonds is 9. The highest BCUT2D eigenvalue weighted by molar-refractivity contribution is 6.31. The molecule has 1 heterocycles. The van der Waals surface area contributed by atoms with Crippen molar-refractivity contribution in [1.82, 2.24) is 19.7 Å². The molecule has 1 amide bonds. The topological polar surface area (TPSA) is 106 Å². The Morgan fingerprint density at radius 3 is 2.43 bits per heavy atom. The fourth-order valence-electron chi connectivity index (χ4n) is 3.39. The maximum Gasteiger partial charge on any atom is 0.346 e. The van der Waals surface area contributed by atoms with Crippen molar-refractivity contribution in [3.63, 3.8) is 0 Å². The van der Waals surface area contributed by atoms with Gasteiger partial charge in [0, 0.05) is 28.1 Å². The number of hydrogen-bond acceptors (Lipinski definition) is 5. The van der Waals surface area contributed by atoms with Gasteiger partial charge in [-0.05, 0) is 37.3 Å². The van der Waals surface area contributed by atoms with Gasteiger partial charge in [0.15, 0.2) is 5.82 Å². The lowest BCUT2D eigenvalue weighted by molar-refractivity contribution is -0.125. The Morgan fingerprint density at radius 1 is 1.17 bits per heavy atom. The summed E-state index contributed by atoms with van der Waals surface area (Å²) in [6.45, 7) is 3.81. The van der Waals surface area contributed by atoms with Gasteiger partial charge in [0.1, 0.15) is 18.1 Å². The summed E-state index contributed by atoms with van der Waals surface area (Å²) in [5.41, 5.74) is -0.892. The standard InChI is InChI=1S/C24H25Cl2FN4O4/c1-14(33)24(2,3)13-30-22(15-7-9-16(25)10-8-15)29-31(23(30)35)11-20(34)28-19(12-32)17-5-4-6-18(26)21(17)27/h4-10,19,32H,11-13H2,1-3H3,(H,28,34). The number of hydrogen-bond donors (Lipinski definition) is 2. The van der Waals surface area contributed by atoms with E-state index in [2.05, 4.69) is 10.4 Å². The largest absolute Gasteiger partial charge is 0.394 e. The van der Waals surface area contributed by atoms with E-state index in [0.717, 1.165) is 4.68 Å². The van der Waals surface area contributed by atoms with E-state index < -0.39 is 42.0 Å². The predicted molar refractivity (Wildman–Crippen MR) is 131 cm³/mol. The summed E-state index contributed by atoms with van der Waals surface area (Å²) < 4.78 is 16.7. The van der Waals surface area contributed by atoms with Crippen LogP contribution in [0.5, 0.6) is 0 Å². The fourth-order valence-corrected chi connectivity index (χ4v) is 3.70. The third-order valence-electron chi connectivity index (χ3n) is 5.70. The highest BCUT2D eigenvalue weighted by atomic mass is 35.5. The van der Waals surface area contributed by atoms with Crippen LogP contribution in [0, 0.1) is 11.2 Å². The van der Waals surface area contributed by atoms with Crippen LogP contribution >= 0.6 is 23.2 Å². The van der Waals surface area contributed by atoms with E-state index in [1.54, 1.807) is 38.1 Å². The van der Waals surface area contributed by atoms with Crippen LogP contribution < -0.4 is 11.0 Å². The molecule has 0 bridgehead atoms. The summed E-state index contributed by atoms with van der Waals surface area (Å²) >= 11 is 11.8. The Hall–Kier alpha value is -3.01. The molecule has 0 saturated heterocycles. The van der Waals surface area contributed by atoms with Gasteiger partial charge >= 0.3 is 5.69 Å². The van der Waals surface area contributed by atoms with Crippen LogP contribution in [0.2, 0.25) is 10.0 Å². The van der Waals surface area contributed by atoms with E-state index in [-0.39, 0.29) is 28.7 Å². The van der Waals surface area contributed by atoms with E-state index in [9.17, 15) is 23.9 Å². The number of nitrogens with zero attached hydrogens (tertiary/aromatic N) is 3. The number of aliphatic hydroxyl groups is 1. The lowest BCUT2D eigenvalue weighted by Crippen LogP contribution is -2.38. The van der Waals surface area contributed by atoms with Gasteiger partial charge in [0.2, 0.25) is 5.91 Å². The van der Waals surface area contributed by atoms with Gasteiger partial charge in [-0.1, -0.05) is 49.2 Å². The smallest absolute Gasteiger partial charge is 0.346 e. The number of nitrogens with one attached hydrogen (secondary N) is 1. The SMILES string of the molecule is CC(=O)C(C)(C)Cn1c(-c2ccc(Cl)cc2)nn(CC(=O)NC(CO)c2cccc(Cl)c2F)c1=O. The summed E-state index contributed by atoms with van der Waals surface area (Å²) in [5, 5.41) is 16.9. The number of carbonyl (C=O) groups excluding carboxylic acids is 2. The number of amides is 1. The van der Waals surface area contributed by atoms with Gasteiger partial charge in [0.05, 0.1) is 17.7 Å². The second-order valence-corrected chi connectivity index (χ2v) is 9.59. The third-order valence-corrected chi connectivity index (χ3v) is 6.24. The van der Waals surface area contributed by atoms with Crippen molar-refractivity contribution in [2.75, 3.05) is 6.61 Å². The van der Waals surface area contributed by atoms with Crippen LogP contribution in [-0.4, -0.2) is 37.8 Å². The summed E-state index contributed by atoms with van der Waals surface area (Å²) in [6, 6.07) is 9.79. The summed E-state index contributed by atoms with van der Waals surface area (Å²) in [6.07, 6.45) is 0. The monoisotopic (exact) mass is 522 g/mol. The van der Waals surface area contributed by atoms with Gasteiger partial charge in [-0.2, -0.15) is 0 Å². The van der Waals surface area contributed by atoms with E-state index in [1.165, 1.54) is 29.7 Å². The lowest BCUT2D eigenvalue weighted by atomic mass is 9.89. The average molecular weight is 523 g/mol. The van der Waals surface area contributed by atoms with Crippen molar-refractivity contribution in [3.05, 3.63) is 74.4 Å². The number of halogens is 3. The molecule has 186 valence electrons. The molecule has 0 spiro atoms. The molecule has 35 heavy (non-hydrogen) atoms. The molecular weight excluding hydrogens is 498 g/mol. The molecule has 1 aromatic heterocycles. The normalized spacial score (nSPS) is 12.4. The van der Waals surface area contributed by atoms with Crippen molar-refractivity contribution < 1.29 is 19.1 Å². The second kappa shape index (κ2) is 10.7. The Balaban J connectivity index is 1.94. The van der Waals surface area contributed by atoms with Gasteiger partial charge < -0.3 is 10.4 Å². The molecule has 1 atom stereocenters. The molecule has 0 aliphatic heterocycles. The van der Waals surface area contributed by atoms with Gasteiger partial charge in [0.25, 0.3) is 0 Å². The molecule has 1 unspecified atom stereocenters. The van der Waals surface area contributed by atoms with Gasteiger partial charge in [-0.25, -0.2) is 13.9 Å². The minimum atomic E-state index is -1.08. The number of Topliss-reactive ketones (excluding diaryl/α,β-unsaturated/α-hetero) is 1. The number of aromatic nitrogens is 3. The molecule has 3 aromatic rings. The Kier molecular flexibility index (Phi) is 8.15. The first-order valence-corrected chi connectivity index (χ1v) is 11.5. The van der Waals surface area contributed by atoms with Crippen molar-refractivity contribution in [3.8, 4) is 11.4 Å². The highest BCUT2D eigenvalue weighted by Crippen LogP contribution is 2.25. The zero-order chi connectivity index (χ0) is 25.9. The maximum absolute atomic E-state index is 14.4. The molecule has 2 aromatic carbocycles. The van der Waals surface area contributed by atoms with Crippen LogP contribution in [0.15, 0.2) is 47.3 Å². The number of benzene rings is 2. The predicted octanol–water partition coefficient (Wildman–Crippen LogP) is 3.62. The maximum atomic E-state index is 14.4. The molecule has 0 radical (unpaired) electrons. The van der Waals surface area contributed by atoms with E-state index in [4.69, 9.17) is 23.2 Å². The first-order chi connectivity index (χ1) is 16.4. The molecule has 0 saturated carbocycles. The van der Waals surface area contributed by atoms with Crippen LogP contribution in [0.1, 0.15) is 32.4 Å². The van der Waals surface area contributed by atoms with E-state index in [1.807, 2.05) is 0 Å². The quantitative estimate of drug-likeness (QED) is 0.446. The summed E-state index contributed by atoms with van der Waals surface area (Å²) in [7, 11) is 0. The second-order valence-electron chi connectivity index (χ2n) is 8.74. The molecule has 0 fully saturated rings. The van der Waals surface area contributed by atoms with Crippen molar-refractivity contribution in [2.24, 2.45) is 5.41 Å². The minimum Gasteiger partial charge on any atom is -0.394 e. The van der Waals surface area contributed by atoms with Crippen LogP contribution in [-0.2, 0) is 22.7 Å². The van der Waals surface area contributed by atoms with Gasteiger partial charge in [-0.15, -0.1) is 5.10 Å². The Labute approximate surface area is 211 Å². The van der Waals surface area contributed by atoms with Crippen LogP contribution in [0.4, 0.5) is 4.39 Å². The summed E-state index contributed by atoms with van der Waals surface area (Å²) in [5.74, 6) is -1.30. The molecule has 3 rings (SSSR count). The third kappa shape index (κ3) is 5.98. The number of carbonyl (C=O) groups is 2. The fraction of sp³-hybridized carbons (Fsp3) is 0.333. The molecular formula is C24H25Cl2FN4O4.